The lowest BCUT2D eigenvalue weighted by atomic mass is 9.96. The molecule has 1 amide bonds. The molecule has 2 rings (SSSR count). The molecule has 25 heavy (non-hydrogen) atoms. The maximum atomic E-state index is 13.1. The third-order valence-electron chi connectivity index (χ3n) is 4.08. The third-order valence-corrected chi connectivity index (χ3v) is 4.88. The predicted molar refractivity (Wildman–Crippen MR) is 101 cm³/mol. The molecule has 2 aromatic carbocycles. The second kappa shape index (κ2) is 8.65. The van der Waals surface area contributed by atoms with Crippen LogP contribution in [0.15, 0.2) is 36.4 Å². The van der Waals surface area contributed by atoms with Crippen LogP contribution in [-0.2, 0) is 4.79 Å². The molecule has 3 nitrogen and oxygen atoms in total. The lowest BCUT2D eigenvalue weighted by Gasteiger charge is -2.19. The van der Waals surface area contributed by atoms with Crippen molar-refractivity contribution in [3.8, 4) is 0 Å². The van der Waals surface area contributed by atoms with Crippen LogP contribution < -0.4 is 10.6 Å². The molecule has 0 unspecified atom stereocenters. The van der Waals surface area contributed by atoms with Crippen LogP contribution >= 0.6 is 23.2 Å². The van der Waals surface area contributed by atoms with E-state index in [1.807, 2.05) is 12.2 Å². The number of rotatable bonds is 6. The molecule has 134 valence electrons. The largest absolute Gasteiger partial charge is 0.332 e. The number of benzene rings is 2. The second-order valence-electron chi connectivity index (χ2n) is 6.36. The first-order valence-electron chi connectivity index (χ1n) is 8.12. The first-order valence-corrected chi connectivity index (χ1v) is 8.88. The molecule has 0 aliphatic carbocycles. The molecule has 0 heterocycles. The molecule has 2 aromatic rings. The van der Waals surface area contributed by atoms with Gasteiger partial charge in [-0.25, -0.2) is 4.39 Å². The van der Waals surface area contributed by atoms with Crippen molar-refractivity contribution in [3.63, 3.8) is 0 Å². The summed E-state index contributed by atoms with van der Waals surface area (Å²) >= 11 is 12.3. The Morgan fingerprint density at radius 1 is 1.16 bits per heavy atom. The molecule has 0 aromatic heterocycles. The number of carbonyl (C=O) groups excluding carboxylic acids is 1. The van der Waals surface area contributed by atoms with Crippen molar-refractivity contribution in [1.29, 1.82) is 0 Å². The van der Waals surface area contributed by atoms with Gasteiger partial charge in [0.1, 0.15) is 11.9 Å². The number of nitrogens with two attached hydrogens (primary N) is 1. The summed E-state index contributed by atoms with van der Waals surface area (Å²) in [7, 11) is 0. The fraction of sp³-hybridized carbons (Fsp3) is 0.316. The summed E-state index contributed by atoms with van der Waals surface area (Å²) in [5.41, 5.74) is 2.26. The van der Waals surface area contributed by atoms with E-state index in [9.17, 15) is 9.18 Å². The summed E-state index contributed by atoms with van der Waals surface area (Å²) in [6.07, 6.45) is 0. The Balaban J connectivity index is 2.05. The molecule has 1 atom stereocenters. The number of aryl methyl sites for hydroxylation is 1. The van der Waals surface area contributed by atoms with Crippen molar-refractivity contribution in [3.05, 3.63) is 63.4 Å². The number of halogens is 3. The number of anilines is 1. The van der Waals surface area contributed by atoms with E-state index in [4.69, 9.17) is 23.2 Å². The molecule has 0 aliphatic heterocycles. The van der Waals surface area contributed by atoms with E-state index in [2.05, 4.69) is 19.2 Å². The van der Waals surface area contributed by atoms with E-state index >= 15 is 0 Å². The van der Waals surface area contributed by atoms with Crippen LogP contribution in [0.4, 0.5) is 10.1 Å². The van der Waals surface area contributed by atoms with E-state index in [0.29, 0.717) is 15.7 Å². The Hall–Kier alpha value is -1.62. The van der Waals surface area contributed by atoms with E-state index in [-0.39, 0.29) is 30.2 Å². The summed E-state index contributed by atoms with van der Waals surface area (Å²) in [6.45, 7) is 6.19. The van der Waals surface area contributed by atoms with Crippen LogP contribution in [0.5, 0.6) is 0 Å². The summed E-state index contributed by atoms with van der Waals surface area (Å²) in [5, 5.41) is 5.57. The standard InChI is InChI=1S/C19H21Cl2FN2O/c1-11(2)18(13-5-7-14(22)8-6-13)23-10-16(25)24-19-15(20)9-4-12(3)17(19)21/h4-9,11,18,23H,10H2,1-3H3,(H,24,25)/p+1/t18-/m1/s1. The predicted octanol–water partition coefficient (Wildman–Crippen LogP) is 4.34. The monoisotopic (exact) mass is 383 g/mol. The van der Waals surface area contributed by atoms with Crippen LogP contribution in [-0.4, -0.2) is 12.5 Å². The van der Waals surface area contributed by atoms with Gasteiger partial charge in [0.15, 0.2) is 6.54 Å². The SMILES string of the molecule is Cc1ccc(Cl)c(NC(=O)C[NH2+][C@@H](c2ccc(F)cc2)C(C)C)c1Cl. The lowest BCUT2D eigenvalue weighted by Crippen LogP contribution is -2.88. The van der Waals surface area contributed by atoms with Crippen LogP contribution in [0.25, 0.3) is 0 Å². The van der Waals surface area contributed by atoms with E-state index in [0.717, 1.165) is 11.1 Å². The zero-order chi connectivity index (χ0) is 18.6. The Bertz CT molecular complexity index is 748. The highest BCUT2D eigenvalue weighted by molar-refractivity contribution is 6.40. The fourth-order valence-electron chi connectivity index (χ4n) is 2.67. The summed E-state index contributed by atoms with van der Waals surface area (Å²) in [4.78, 5) is 12.3. The molecule has 0 radical (unpaired) electrons. The maximum absolute atomic E-state index is 13.1. The topological polar surface area (TPSA) is 45.7 Å². The van der Waals surface area contributed by atoms with Crippen molar-refractivity contribution in [1.82, 2.24) is 0 Å². The third kappa shape index (κ3) is 5.18. The van der Waals surface area contributed by atoms with Gasteiger partial charge >= 0.3 is 0 Å². The molecule has 0 aliphatic rings. The number of hydrogen-bond acceptors (Lipinski definition) is 1. The molecule has 0 saturated heterocycles. The molecule has 3 N–H and O–H groups in total. The van der Waals surface area contributed by atoms with Crippen molar-refractivity contribution in [2.24, 2.45) is 5.92 Å². The van der Waals surface area contributed by atoms with Gasteiger partial charge in [-0.15, -0.1) is 0 Å². The normalized spacial score (nSPS) is 12.3. The number of quaternary nitrogens is 1. The van der Waals surface area contributed by atoms with Crippen molar-refractivity contribution in [2.45, 2.75) is 26.8 Å². The zero-order valence-electron chi connectivity index (χ0n) is 14.4. The van der Waals surface area contributed by atoms with E-state index < -0.39 is 0 Å². The van der Waals surface area contributed by atoms with E-state index in [1.54, 1.807) is 24.3 Å². The molecule has 0 fully saturated rings. The average Bonchev–Trinajstić information content (AvgIpc) is 2.56. The van der Waals surface area contributed by atoms with Gasteiger partial charge in [-0.05, 0) is 30.7 Å². The van der Waals surface area contributed by atoms with Gasteiger partial charge in [0, 0.05) is 11.5 Å². The first kappa shape index (κ1) is 19.7. The Labute approximate surface area is 157 Å². The maximum Gasteiger partial charge on any atom is 0.279 e. The highest BCUT2D eigenvalue weighted by Crippen LogP contribution is 2.32. The van der Waals surface area contributed by atoms with Gasteiger partial charge in [-0.2, -0.15) is 0 Å². The Morgan fingerprint density at radius 3 is 2.40 bits per heavy atom. The van der Waals surface area contributed by atoms with Crippen molar-refractivity contribution >= 4 is 34.8 Å². The molecule has 6 heteroatoms. The van der Waals surface area contributed by atoms with E-state index in [1.165, 1.54) is 12.1 Å². The molecular formula is C19H22Cl2FN2O+. The molecule has 0 spiro atoms. The second-order valence-corrected chi connectivity index (χ2v) is 7.15. The van der Waals surface area contributed by atoms with Crippen LogP contribution in [0, 0.1) is 18.7 Å². The minimum atomic E-state index is -0.271. The van der Waals surface area contributed by atoms with Gasteiger partial charge in [0.2, 0.25) is 0 Å². The highest BCUT2D eigenvalue weighted by atomic mass is 35.5. The number of amides is 1. The van der Waals surface area contributed by atoms with Crippen LogP contribution in [0.3, 0.4) is 0 Å². The minimum absolute atomic E-state index is 0.0507. The fourth-order valence-corrected chi connectivity index (χ4v) is 3.14. The van der Waals surface area contributed by atoms with Crippen molar-refractivity contribution in [2.75, 3.05) is 11.9 Å². The number of carbonyl (C=O) groups is 1. The molecule has 0 saturated carbocycles. The molecule has 0 bridgehead atoms. The van der Waals surface area contributed by atoms with Gasteiger partial charge in [-0.1, -0.05) is 55.2 Å². The summed E-state index contributed by atoms with van der Waals surface area (Å²) in [6, 6.07) is 9.93. The Kier molecular flexibility index (Phi) is 6.82. The number of hydrogen-bond donors (Lipinski definition) is 2. The number of nitrogens with one attached hydrogen (secondary N) is 1. The first-order chi connectivity index (χ1) is 11.8. The summed E-state index contributed by atoms with van der Waals surface area (Å²) < 4.78 is 13.1. The quantitative estimate of drug-likeness (QED) is 0.765. The minimum Gasteiger partial charge on any atom is -0.332 e. The van der Waals surface area contributed by atoms with Crippen LogP contribution in [0.1, 0.15) is 31.0 Å². The van der Waals surface area contributed by atoms with Gasteiger partial charge < -0.3 is 10.6 Å². The zero-order valence-corrected chi connectivity index (χ0v) is 16.0. The smallest absolute Gasteiger partial charge is 0.279 e. The highest BCUT2D eigenvalue weighted by Gasteiger charge is 2.21. The van der Waals surface area contributed by atoms with Gasteiger partial charge in [-0.3, -0.25) is 4.79 Å². The van der Waals surface area contributed by atoms with Crippen molar-refractivity contribution < 1.29 is 14.5 Å². The Morgan fingerprint density at radius 2 is 1.80 bits per heavy atom. The van der Waals surface area contributed by atoms with Gasteiger partial charge in [0.05, 0.1) is 15.7 Å². The lowest BCUT2D eigenvalue weighted by molar-refractivity contribution is -0.692. The summed E-state index contributed by atoms with van der Waals surface area (Å²) in [5.74, 6) is -0.181. The van der Waals surface area contributed by atoms with Gasteiger partial charge in [0.25, 0.3) is 5.91 Å². The molecular weight excluding hydrogens is 362 g/mol. The van der Waals surface area contributed by atoms with Crippen LogP contribution in [0.2, 0.25) is 10.0 Å². The average molecular weight is 384 g/mol.